The van der Waals surface area contributed by atoms with E-state index in [2.05, 4.69) is 34.9 Å². The van der Waals surface area contributed by atoms with Crippen LogP contribution in [-0.4, -0.2) is 29.8 Å². The van der Waals surface area contributed by atoms with E-state index in [1.165, 1.54) is 19.3 Å². The minimum absolute atomic E-state index is 0.474. The van der Waals surface area contributed by atoms with Crippen LogP contribution in [0.3, 0.4) is 0 Å². The molecule has 2 rings (SSSR count). The number of methoxy groups -OCH3 is 1. The van der Waals surface area contributed by atoms with E-state index >= 15 is 0 Å². The van der Waals surface area contributed by atoms with Gasteiger partial charge in [0, 0.05) is 38.7 Å². The molecule has 1 unspecified atom stereocenters. The fourth-order valence-electron chi connectivity index (χ4n) is 2.80. The third-order valence-corrected chi connectivity index (χ3v) is 3.81. The molecule has 1 aliphatic carbocycles. The molecule has 1 aliphatic rings. The molecule has 0 spiro atoms. The number of hydrogen-bond donors (Lipinski definition) is 1. The van der Waals surface area contributed by atoms with Gasteiger partial charge in [0.25, 0.3) is 0 Å². The highest BCUT2D eigenvalue weighted by Crippen LogP contribution is 2.44. The molecule has 1 heterocycles. The lowest BCUT2D eigenvalue weighted by Gasteiger charge is -2.19. The SMILES string of the molecule is COCCCNc1nccn1C1CCC(C)(C)C1. The molecule has 1 fully saturated rings. The van der Waals surface area contributed by atoms with Gasteiger partial charge in [-0.1, -0.05) is 13.8 Å². The summed E-state index contributed by atoms with van der Waals surface area (Å²) in [5.74, 6) is 1.01. The zero-order valence-corrected chi connectivity index (χ0v) is 11.8. The highest BCUT2D eigenvalue weighted by Gasteiger charge is 2.32. The van der Waals surface area contributed by atoms with E-state index in [9.17, 15) is 0 Å². The lowest BCUT2D eigenvalue weighted by molar-refractivity contribution is 0.197. The first-order valence-corrected chi connectivity index (χ1v) is 6.88. The van der Waals surface area contributed by atoms with Gasteiger partial charge in [0.15, 0.2) is 0 Å². The summed E-state index contributed by atoms with van der Waals surface area (Å²) in [6.45, 7) is 6.43. The van der Waals surface area contributed by atoms with Gasteiger partial charge < -0.3 is 14.6 Å². The quantitative estimate of drug-likeness (QED) is 0.790. The number of nitrogens with one attached hydrogen (secondary N) is 1. The standard InChI is InChI=1S/C14H25N3O/c1-14(2)6-5-12(11-14)17-9-8-16-13(17)15-7-4-10-18-3/h8-9,12H,4-7,10-11H2,1-3H3,(H,15,16). The molecule has 0 amide bonds. The maximum absolute atomic E-state index is 5.05. The van der Waals surface area contributed by atoms with Gasteiger partial charge in [0.05, 0.1) is 0 Å². The summed E-state index contributed by atoms with van der Waals surface area (Å²) in [6.07, 6.45) is 8.82. The summed E-state index contributed by atoms with van der Waals surface area (Å²) >= 11 is 0. The summed E-state index contributed by atoms with van der Waals surface area (Å²) < 4.78 is 7.36. The van der Waals surface area contributed by atoms with Gasteiger partial charge in [0.1, 0.15) is 0 Å². The highest BCUT2D eigenvalue weighted by atomic mass is 16.5. The van der Waals surface area contributed by atoms with Gasteiger partial charge in [0.2, 0.25) is 5.95 Å². The van der Waals surface area contributed by atoms with Crippen LogP contribution in [0.1, 0.15) is 45.6 Å². The first-order valence-electron chi connectivity index (χ1n) is 6.88. The Labute approximate surface area is 110 Å². The molecule has 18 heavy (non-hydrogen) atoms. The van der Waals surface area contributed by atoms with Crippen LogP contribution in [0.15, 0.2) is 12.4 Å². The van der Waals surface area contributed by atoms with E-state index in [4.69, 9.17) is 4.74 Å². The first-order chi connectivity index (χ1) is 8.62. The largest absolute Gasteiger partial charge is 0.385 e. The Morgan fingerprint density at radius 1 is 1.56 bits per heavy atom. The average molecular weight is 251 g/mol. The van der Waals surface area contributed by atoms with E-state index < -0.39 is 0 Å². The molecule has 1 N–H and O–H groups in total. The smallest absolute Gasteiger partial charge is 0.203 e. The Hall–Kier alpha value is -1.03. The molecule has 1 aromatic heterocycles. The molecule has 0 bridgehead atoms. The van der Waals surface area contributed by atoms with Gasteiger partial charge in [-0.2, -0.15) is 0 Å². The number of rotatable bonds is 6. The highest BCUT2D eigenvalue weighted by molar-refractivity contribution is 5.26. The van der Waals surface area contributed by atoms with Crippen molar-refractivity contribution in [1.29, 1.82) is 0 Å². The van der Waals surface area contributed by atoms with Crippen LogP contribution in [0, 0.1) is 5.41 Å². The van der Waals surface area contributed by atoms with Crippen LogP contribution in [0.5, 0.6) is 0 Å². The maximum atomic E-state index is 5.05. The Morgan fingerprint density at radius 3 is 3.06 bits per heavy atom. The maximum Gasteiger partial charge on any atom is 0.203 e. The lowest BCUT2D eigenvalue weighted by Crippen LogP contribution is -2.14. The summed E-state index contributed by atoms with van der Waals surface area (Å²) in [5, 5.41) is 3.40. The van der Waals surface area contributed by atoms with Crippen molar-refractivity contribution in [3.63, 3.8) is 0 Å². The molecule has 4 heteroatoms. The van der Waals surface area contributed by atoms with Crippen LogP contribution in [-0.2, 0) is 4.74 Å². The van der Waals surface area contributed by atoms with Gasteiger partial charge in [-0.3, -0.25) is 0 Å². The van der Waals surface area contributed by atoms with Crippen LogP contribution in [0.4, 0.5) is 5.95 Å². The minimum Gasteiger partial charge on any atom is -0.385 e. The fraction of sp³-hybridized carbons (Fsp3) is 0.786. The molecule has 1 aromatic rings. The van der Waals surface area contributed by atoms with Gasteiger partial charge >= 0.3 is 0 Å². The summed E-state index contributed by atoms with van der Waals surface area (Å²) in [6, 6.07) is 0.604. The number of ether oxygens (including phenoxy) is 1. The van der Waals surface area contributed by atoms with Crippen molar-refractivity contribution in [2.45, 2.75) is 45.6 Å². The Balaban J connectivity index is 1.91. The monoisotopic (exact) mass is 251 g/mol. The zero-order valence-electron chi connectivity index (χ0n) is 11.8. The van der Waals surface area contributed by atoms with Crippen LogP contribution >= 0.6 is 0 Å². The van der Waals surface area contributed by atoms with E-state index in [0.29, 0.717) is 11.5 Å². The fourth-order valence-corrected chi connectivity index (χ4v) is 2.80. The average Bonchev–Trinajstić information content (AvgIpc) is 2.90. The zero-order chi connectivity index (χ0) is 13.0. The Morgan fingerprint density at radius 2 is 2.39 bits per heavy atom. The second kappa shape index (κ2) is 5.74. The normalized spacial score (nSPS) is 22.3. The van der Waals surface area contributed by atoms with Gasteiger partial charge in [-0.05, 0) is 31.1 Å². The number of aromatic nitrogens is 2. The molecule has 102 valence electrons. The third kappa shape index (κ3) is 3.25. The van der Waals surface area contributed by atoms with Crippen molar-refractivity contribution in [1.82, 2.24) is 9.55 Å². The molecule has 0 aliphatic heterocycles. The van der Waals surface area contributed by atoms with Gasteiger partial charge in [-0.25, -0.2) is 4.98 Å². The van der Waals surface area contributed by atoms with E-state index in [1.54, 1.807) is 7.11 Å². The second-order valence-electron chi connectivity index (χ2n) is 5.99. The minimum atomic E-state index is 0.474. The van der Waals surface area contributed by atoms with Crippen LogP contribution < -0.4 is 5.32 Å². The summed E-state index contributed by atoms with van der Waals surface area (Å²) in [7, 11) is 1.74. The summed E-state index contributed by atoms with van der Waals surface area (Å²) in [4.78, 5) is 4.42. The van der Waals surface area contributed by atoms with Crippen molar-refractivity contribution in [2.75, 3.05) is 25.6 Å². The van der Waals surface area contributed by atoms with Crippen molar-refractivity contribution in [3.05, 3.63) is 12.4 Å². The van der Waals surface area contributed by atoms with Gasteiger partial charge in [-0.15, -0.1) is 0 Å². The van der Waals surface area contributed by atoms with E-state index in [0.717, 1.165) is 25.5 Å². The number of nitrogens with zero attached hydrogens (tertiary/aromatic N) is 2. The molecule has 0 radical (unpaired) electrons. The predicted molar refractivity (Wildman–Crippen MR) is 73.9 cm³/mol. The van der Waals surface area contributed by atoms with Crippen molar-refractivity contribution in [2.24, 2.45) is 5.41 Å². The Bertz CT molecular complexity index is 373. The lowest BCUT2D eigenvalue weighted by atomic mass is 9.92. The van der Waals surface area contributed by atoms with Crippen LogP contribution in [0.2, 0.25) is 0 Å². The Kier molecular flexibility index (Phi) is 4.27. The van der Waals surface area contributed by atoms with Crippen molar-refractivity contribution >= 4 is 5.95 Å². The number of anilines is 1. The van der Waals surface area contributed by atoms with Crippen LogP contribution in [0.25, 0.3) is 0 Å². The van der Waals surface area contributed by atoms with Crippen molar-refractivity contribution < 1.29 is 4.74 Å². The third-order valence-electron chi connectivity index (χ3n) is 3.81. The first kappa shape index (κ1) is 13.4. The van der Waals surface area contributed by atoms with E-state index in [-0.39, 0.29) is 0 Å². The predicted octanol–water partition coefficient (Wildman–Crippen LogP) is 3.08. The van der Waals surface area contributed by atoms with E-state index in [1.807, 2.05) is 6.20 Å². The number of hydrogen-bond acceptors (Lipinski definition) is 3. The van der Waals surface area contributed by atoms with Crippen molar-refractivity contribution in [3.8, 4) is 0 Å². The second-order valence-corrected chi connectivity index (χ2v) is 5.99. The topological polar surface area (TPSA) is 39.1 Å². The molecule has 4 nitrogen and oxygen atoms in total. The summed E-state index contributed by atoms with van der Waals surface area (Å²) in [5.41, 5.74) is 0.474. The molecule has 1 atom stereocenters. The molecular formula is C14H25N3O. The number of imidazole rings is 1. The molecule has 0 aromatic carbocycles. The molecule has 1 saturated carbocycles. The molecule has 0 saturated heterocycles. The molecular weight excluding hydrogens is 226 g/mol.